The SMILES string of the molecule is COCCC1(C(=O)NCc2ccc(-c3ccccc3)cc2)CNC(=O)CCCNCCCNC(=O)COc2ccc(cc2)C1.O=CO. The van der Waals surface area contributed by atoms with E-state index >= 15 is 0 Å². The maximum Gasteiger partial charge on any atom is 0.290 e. The first-order chi connectivity index (χ1) is 22.9. The number of hydrogen-bond donors (Lipinski definition) is 5. The number of carboxylic acid groups (broad SMARTS) is 1. The van der Waals surface area contributed by atoms with Crippen LogP contribution >= 0.6 is 0 Å². The topological polar surface area (TPSA) is 155 Å². The van der Waals surface area contributed by atoms with Gasteiger partial charge in [-0.05, 0) is 73.2 Å². The second-order valence-corrected chi connectivity index (χ2v) is 11.3. The van der Waals surface area contributed by atoms with Crippen molar-refractivity contribution in [3.63, 3.8) is 0 Å². The van der Waals surface area contributed by atoms with Crippen LogP contribution in [0.4, 0.5) is 0 Å². The Balaban J connectivity index is 0.00000192. The van der Waals surface area contributed by atoms with E-state index in [4.69, 9.17) is 19.4 Å². The number of nitrogens with one attached hydrogen (secondary N) is 4. The van der Waals surface area contributed by atoms with Gasteiger partial charge in [0.15, 0.2) is 6.61 Å². The molecule has 0 fully saturated rings. The van der Waals surface area contributed by atoms with Gasteiger partial charge in [0.05, 0.1) is 5.41 Å². The van der Waals surface area contributed by atoms with Crippen molar-refractivity contribution in [3.8, 4) is 16.9 Å². The fourth-order valence-electron chi connectivity index (χ4n) is 5.22. The zero-order valence-electron chi connectivity index (χ0n) is 27.0. The Labute approximate surface area is 276 Å². The maximum atomic E-state index is 14.0. The minimum Gasteiger partial charge on any atom is -0.484 e. The van der Waals surface area contributed by atoms with Crippen LogP contribution in [0.5, 0.6) is 5.75 Å². The summed E-state index contributed by atoms with van der Waals surface area (Å²) in [6.07, 6.45) is 2.61. The Bertz CT molecular complexity index is 1380. The van der Waals surface area contributed by atoms with Gasteiger partial charge < -0.3 is 35.8 Å². The molecule has 0 spiro atoms. The summed E-state index contributed by atoms with van der Waals surface area (Å²) in [4.78, 5) is 47.4. The summed E-state index contributed by atoms with van der Waals surface area (Å²) in [5.41, 5.74) is 3.19. The predicted octanol–water partition coefficient (Wildman–Crippen LogP) is 3.32. The maximum absolute atomic E-state index is 14.0. The van der Waals surface area contributed by atoms with E-state index in [-0.39, 0.29) is 37.3 Å². The number of fused-ring (bicyclic) bond motifs is 17. The van der Waals surface area contributed by atoms with Crippen molar-refractivity contribution < 1.29 is 33.8 Å². The number of amides is 3. The summed E-state index contributed by atoms with van der Waals surface area (Å²) >= 11 is 0. The van der Waals surface area contributed by atoms with Crippen molar-refractivity contribution in [1.82, 2.24) is 21.3 Å². The predicted molar refractivity (Wildman–Crippen MR) is 180 cm³/mol. The average Bonchev–Trinajstić information content (AvgIpc) is 3.09. The molecule has 0 aliphatic carbocycles. The van der Waals surface area contributed by atoms with Crippen LogP contribution < -0.4 is 26.0 Å². The standard InChI is InChI=1S/C35H44N4O5.CH2O2/c1-43-22-18-35(34(42)38-24-28-10-14-30(15-11-28)29-7-3-2-4-8-29)23-27-12-16-31(17-13-27)44-25-33(41)37-21-6-20-36-19-5-9-32(40)39-26-35;2-1-3/h2-4,7-8,10-17,36H,5-6,9,18-26H2,1H3,(H,37,41)(H,38,42)(H,39,40);1H,(H,2,3). The Morgan fingerprint density at radius 1 is 0.915 bits per heavy atom. The molecular weight excluding hydrogens is 600 g/mol. The summed E-state index contributed by atoms with van der Waals surface area (Å²) in [5.74, 6) is 0.148. The summed E-state index contributed by atoms with van der Waals surface area (Å²) in [7, 11) is 1.61. The molecular formula is C36H46N4O7. The molecule has 11 nitrogen and oxygen atoms in total. The Morgan fingerprint density at radius 2 is 1.60 bits per heavy atom. The summed E-state index contributed by atoms with van der Waals surface area (Å²) < 4.78 is 11.1. The van der Waals surface area contributed by atoms with E-state index in [2.05, 4.69) is 45.5 Å². The van der Waals surface area contributed by atoms with Crippen molar-refractivity contribution in [3.05, 3.63) is 90.0 Å². The molecule has 1 atom stereocenters. The largest absolute Gasteiger partial charge is 0.484 e. The van der Waals surface area contributed by atoms with E-state index < -0.39 is 5.41 Å². The van der Waals surface area contributed by atoms with Crippen molar-refractivity contribution in [2.45, 2.75) is 38.6 Å². The van der Waals surface area contributed by atoms with Gasteiger partial charge in [0, 0.05) is 39.8 Å². The van der Waals surface area contributed by atoms with Gasteiger partial charge in [-0.1, -0.05) is 66.7 Å². The van der Waals surface area contributed by atoms with Crippen LogP contribution in [0.15, 0.2) is 78.9 Å². The monoisotopic (exact) mass is 646 g/mol. The van der Waals surface area contributed by atoms with Gasteiger partial charge in [-0.15, -0.1) is 0 Å². The molecule has 2 heterocycles. The first kappa shape index (κ1) is 36.7. The summed E-state index contributed by atoms with van der Waals surface area (Å²) in [5, 5.41) is 19.2. The minimum absolute atomic E-state index is 0.0642. The van der Waals surface area contributed by atoms with E-state index in [1.165, 1.54) is 0 Å². The van der Waals surface area contributed by atoms with E-state index in [0.29, 0.717) is 57.7 Å². The highest BCUT2D eigenvalue weighted by atomic mass is 16.5. The van der Waals surface area contributed by atoms with Crippen LogP contribution in [0.25, 0.3) is 11.1 Å². The van der Waals surface area contributed by atoms with Crippen LogP contribution in [-0.2, 0) is 36.9 Å². The lowest BCUT2D eigenvalue weighted by Crippen LogP contribution is -2.50. The second kappa shape index (κ2) is 20.4. The number of benzene rings is 3. The number of rotatable bonds is 7. The zero-order valence-corrected chi connectivity index (χ0v) is 27.0. The molecule has 252 valence electrons. The molecule has 2 aliphatic rings. The van der Waals surface area contributed by atoms with Gasteiger partial charge in [0.25, 0.3) is 12.4 Å². The lowest BCUT2D eigenvalue weighted by molar-refractivity contribution is -0.133. The van der Waals surface area contributed by atoms with Crippen molar-refractivity contribution in [2.24, 2.45) is 5.41 Å². The molecule has 11 heteroatoms. The van der Waals surface area contributed by atoms with Crippen molar-refractivity contribution >= 4 is 24.2 Å². The van der Waals surface area contributed by atoms with Crippen LogP contribution in [0.3, 0.4) is 0 Å². The van der Waals surface area contributed by atoms with Crippen LogP contribution in [-0.4, -0.2) is 75.8 Å². The normalized spacial score (nSPS) is 17.9. The number of ether oxygens (including phenoxy) is 2. The highest BCUT2D eigenvalue weighted by Crippen LogP contribution is 2.29. The number of methoxy groups -OCH3 is 1. The third kappa shape index (κ3) is 12.9. The number of carbonyl (C=O) groups excluding carboxylic acids is 3. The summed E-state index contributed by atoms with van der Waals surface area (Å²) in [6.45, 7) is 2.56. The summed E-state index contributed by atoms with van der Waals surface area (Å²) in [6, 6.07) is 25.7. The zero-order chi connectivity index (χ0) is 33.7. The van der Waals surface area contributed by atoms with E-state index in [0.717, 1.165) is 35.2 Å². The second-order valence-electron chi connectivity index (χ2n) is 11.3. The molecule has 2 bridgehead atoms. The van der Waals surface area contributed by atoms with E-state index in [1.54, 1.807) is 19.2 Å². The van der Waals surface area contributed by atoms with Gasteiger partial charge in [-0.25, -0.2) is 0 Å². The van der Waals surface area contributed by atoms with E-state index in [1.807, 2.05) is 42.5 Å². The molecule has 0 saturated carbocycles. The van der Waals surface area contributed by atoms with Crippen LogP contribution in [0, 0.1) is 5.41 Å². The fraction of sp³-hybridized carbons (Fsp3) is 0.389. The van der Waals surface area contributed by atoms with Gasteiger partial charge >= 0.3 is 0 Å². The first-order valence-corrected chi connectivity index (χ1v) is 15.8. The van der Waals surface area contributed by atoms with Gasteiger partial charge in [-0.3, -0.25) is 19.2 Å². The highest BCUT2D eigenvalue weighted by molar-refractivity contribution is 5.84. The molecule has 5 rings (SSSR count). The average molecular weight is 647 g/mol. The third-order valence-corrected chi connectivity index (χ3v) is 7.85. The molecule has 3 aromatic rings. The van der Waals surface area contributed by atoms with Gasteiger partial charge in [0.1, 0.15) is 5.75 Å². The number of hydrogen-bond acceptors (Lipinski definition) is 7. The Kier molecular flexibility index (Phi) is 15.9. The lowest BCUT2D eigenvalue weighted by atomic mass is 9.77. The minimum atomic E-state index is -0.947. The molecule has 0 saturated heterocycles. The first-order valence-electron chi connectivity index (χ1n) is 15.8. The van der Waals surface area contributed by atoms with Crippen LogP contribution in [0.2, 0.25) is 0 Å². The smallest absolute Gasteiger partial charge is 0.290 e. The molecule has 5 N–H and O–H groups in total. The Hall–Kier alpha value is -4.74. The number of carbonyl (C=O) groups is 4. The third-order valence-electron chi connectivity index (χ3n) is 7.85. The molecule has 1 unspecified atom stereocenters. The fourth-order valence-corrected chi connectivity index (χ4v) is 5.22. The van der Waals surface area contributed by atoms with Crippen molar-refractivity contribution in [2.75, 3.05) is 46.5 Å². The van der Waals surface area contributed by atoms with Crippen molar-refractivity contribution in [1.29, 1.82) is 0 Å². The van der Waals surface area contributed by atoms with E-state index in [9.17, 15) is 14.4 Å². The molecule has 3 amide bonds. The Morgan fingerprint density at radius 3 is 2.30 bits per heavy atom. The van der Waals surface area contributed by atoms with Gasteiger partial charge in [-0.2, -0.15) is 0 Å². The molecule has 0 radical (unpaired) electrons. The quantitative estimate of drug-likeness (QED) is 0.245. The molecule has 0 aromatic heterocycles. The molecule has 2 aliphatic heterocycles. The molecule has 3 aromatic carbocycles. The highest BCUT2D eigenvalue weighted by Gasteiger charge is 2.38. The van der Waals surface area contributed by atoms with Crippen LogP contribution in [0.1, 0.15) is 36.8 Å². The lowest BCUT2D eigenvalue weighted by Gasteiger charge is -2.33. The molecule has 47 heavy (non-hydrogen) atoms. The van der Waals surface area contributed by atoms with Gasteiger partial charge in [0.2, 0.25) is 11.8 Å².